The quantitative estimate of drug-likeness (QED) is 0.473. The molecule has 160 valence electrons. The maximum atomic E-state index is 13.0. The molecular weight excluding hydrogens is 420 g/mol. The van der Waals surface area contributed by atoms with Crippen LogP contribution in [0.4, 0.5) is 4.79 Å². The van der Waals surface area contributed by atoms with Gasteiger partial charge in [-0.25, -0.2) is 4.79 Å². The highest BCUT2D eigenvalue weighted by Crippen LogP contribution is 2.28. The van der Waals surface area contributed by atoms with Crippen LogP contribution in [0.15, 0.2) is 42.5 Å². The number of aliphatic hydroxyl groups excluding tert-OH is 2. The number of β-amino-alcohol motifs (C(OH)–C–C–N with tert-alkyl or cyclic N) is 2. The van der Waals surface area contributed by atoms with Crippen molar-refractivity contribution in [3.8, 4) is 11.9 Å². The third-order valence-electron chi connectivity index (χ3n) is 5.04. The number of nitrogens with one attached hydrogen (secondary N) is 2. The van der Waals surface area contributed by atoms with Crippen LogP contribution in [0, 0.1) is 11.3 Å². The molecule has 0 aliphatic carbocycles. The van der Waals surface area contributed by atoms with Gasteiger partial charge in [-0.15, -0.1) is 11.3 Å². The number of carbonyl (C=O) groups is 2. The number of rotatable bonds is 5. The second-order valence-corrected chi connectivity index (χ2v) is 8.37. The summed E-state index contributed by atoms with van der Waals surface area (Å²) < 4.78 is 6.08. The fourth-order valence-electron chi connectivity index (χ4n) is 3.50. The number of aromatic amines is 1. The largest absolute Gasteiger partial charge is 0.414 e. The molecule has 0 unspecified atom stereocenters. The molecule has 1 saturated heterocycles. The zero-order valence-electron chi connectivity index (χ0n) is 16.3. The highest BCUT2D eigenvalue weighted by Gasteiger charge is 2.36. The van der Waals surface area contributed by atoms with Crippen molar-refractivity contribution < 1.29 is 24.5 Å². The summed E-state index contributed by atoms with van der Waals surface area (Å²) in [5.74, 6) is -0.219. The Balaban J connectivity index is 1.47. The molecule has 9 nitrogen and oxygen atoms in total. The smallest absolute Gasteiger partial charge is 0.393 e. The molecule has 1 aromatic carbocycles. The molecule has 4 N–H and O–H groups in total. The average molecular weight is 440 g/mol. The number of nitriles is 1. The number of hydrogen-bond donors (Lipinski definition) is 4. The first-order chi connectivity index (χ1) is 14.9. The second-order valence-electron chi connectivity index (χ2n) is 7.29. The Morgan fingerprint density at radius 3 is 2.61 bits per heavy atom. The predicted octanol–water partition coefficient (Wildman–Crippen LogP) is 1.36. The lowest BCUT2D eigenvalue weighted by Gasteiger charge is -2.24. The minimum Gasteiger partial charge on any atom is -0.393 e. The topological polar surface area (TPSA) is 139 Å². The van der Waals surface area contributed by atoms with Gasteiger partial charge in [0.05, 0.1) is 22.4 Å². The van der Waals surface area contributed by atoms with Crippen molar-refractivity contribution in [3.05, 3.63) is 52.9 Å². The Kier molecular flexibility index (Phi) is 5.90. The van der Waals surface area contributed by atoms with Crippen LogP contribution in [0.1, 0.15) is 10.4 Å². The summed E-state index contributed by atoms with van der Waals surface area (Å²) in [5, 5.41) is 31.1. The van der Waals surface area contributed by atoms with E-state index in [0.717, 1.165) is 10.3 Å². The fourth-order valence-corrected chi connectivity index (χ4v) is 4.34. The average Bonchev–Trinajstić information content (AvgIpc) is 3.40. The van der Waals surface area contributed by atoms with E-state index in [0.29, 0.717) is 10.4 Å². The van der Waals surface area contributed by atoms with E-state index in [-0.39, 0.29) is 25.4 Å². The number of H-pyrrole nitrogens is 1. The number of ether oxygens (including phenoxy) is 1. The predicted molar refractivity (Wildman–Crippen MR) is 113 cm³/mol. The van der Waals surface area contributed by atoms with Crippen molar-refractivity contribution in [1.82, 2.24) is 15.2 Å². The normalized spacial score (nSPS) is 19.2. The van der Waals surface area contributed by atoms with E-state index in [2.05, 4.69) is 16.4 Å². The number of nitrogens with zero attached hydrogens (tertiary/aromatic N) is 2. The van der Waals surface area contributed by atoms with Crippen molar-refractivity contribution in [3.63, 3.8) is 0 Å². The number of aromatic nitrogens is 1. The molecule has 3 heterocycles. The molecule has 0 saturated carbocycles. The van der Waals surface area contributed by atoms with Crippen molar-refractivity contribution in [2.24, 2.45) is 0 Å². The Bertz CT molecular complexity index is 1090. The molecule has 1 aliphatic rings. The van der Waals surface area contributed by atoms with Crippen LogP contribution in [0.25, 0.3) is 10.2 Å². The van der Waals surface area contributed by atoms with Gasteiger partial charge in [0.25, 0.3) is 0 Å². The zero-order chi connectivity index (χ0) is 22.0. The van der Waals surface area contributed by atoms with Gasteiger partial charge in [0, 0.05) is 25.6 Å². The number of amides is 2. The van der Waals surface area contributed by atoms with Gasteiger partial charge in [0.2, 0.25) is 11.8 Å². The van der Waals surface area contributed by atoms with Crippen molar-refractivity contribution in [2.75, 3.05) is 13.1 Å². The number of aliphatic hydroxyl groups is 2. The van der Waals surface area contributed by atoms with Crippen molar-refractivity contribution in [1.29, 1.82) is 5.26 Å². The number of hydrogen-bond acceptors (Lipinski definition) is 7. The van der Waals surface area contributed by atoms with Gasteiger partial charge in [-0.05, 0) is 11.6 Å². The Labute approximate surface area is 181 Å². The van der Waals surface area contributed by atoms with Gasteiger partial charge in [-0.1, -0.05) is 30.3 Å². The summed E-state index contributed by atoms with van der Waals surface area (Å²) in [6.07, 6.45) is -2.62. The minimum atomic E-state index is -1.02. The molecule has 1 aliphatic heterocycles. The number of carbonyl (C=O) groups excluding carboxylic acids is 2. The van der Waals surface area contributed by atoms with E-state index in [1.807, 2.05) is 30.3 Å². The first-order valence-electron chi connectivity index (χ1n) is 9.63. The Hall–Kier alpha value is -3.39. The van der Waals surface area contributed by atoms with Crippen molar-refractivity contribution >= 4 is 33.6 Å². The molecule has 3 aromatic rings. The highest BCUT2D eigenvalue weighted by atomic mass is 32.1. The van der Waals surface area contributed by atoms with Crippen LogP contribution in [-0.2, 0) is 11.2 Å². The van der Waals surface area contributed by atoms with E-state index in [4.69, 9.17) is 10.00 Å². The molecule has 3 atom stereocenters. The Morgan fingerprint density at radius 1 is 1.26 bits per heavy atom. The summed E-state index contributed by atoms with van der Waals surface area (Å²) in [5.41, 5.74) is 1.52. The number of fused-ring (bicyclic) bond motifs is 1. The summed E-state index contributed by atoms with van der Waals surface area (Å²) in [6.45, 7) is -0.00764. The lowest BCUT2D eigenvalue weighted by molar-refractivity contribution is -0.132. The second kappa shape index (κ2) is 8.77. The van der Waals surface area contributed by atoms with E-state index in [1.54, 1.807) is 12.1 Å². The first kappa shape index (κ1) is 20.9. The number of likely N-dealkylation sites (tertiary alicyclic amines) is 1. The minimum absolute atomic E-state index is 0.00382. The summed E-state index contributed by atoms with van der Waals surface area (Å²) in [7, 11) is 0. The number of thiophene rings is 1. The number of benzene rings is 1. The maximum absolute atomic E-state index is 13.0. The van der Waals surface area contributed by atoms with E-state index < -0.39 is 30.3 Å². The molecule has 0 radical (unpaired) electrons. The molecule has 2 aromatic heterocycles. The molecule has 31 heavy (non-hydrogen) atoms. The van der Waals surface area contributed by atoms with Crippen LogP contribution in [0.5, 0.6) is 5.88 Å². The van der Waals surface area contributed by atoms with Gasteiger partial charge < -0.3 is 30.2 Å². The zero-order valence-corrected chi connectivity index (χ0v) is 17.1. The van der Waals surface area contributed by atoms with Gasteiger partial charge in [-0.2, -0.15) is 5.26 Å². The highest BCUT2D eigenvalue weighted by molar-refractivity contribution is 7.19. The van der Waals surface area contributed by atoms with Crippen LogP contribution < -0.4 is 10.1 Å². The molecule has 1 fully saturated rings. The van der Waals surface area contributed by atoms with Crippen molar-refractivity contribution in [2.45, 2.75) is 24.7 Å². The molecule has 10 heteroatoms. The SMILES string of the molecule is N#Cc1cc2[nH]c(OC(=O)N[C@@H](Cc3ccccc3)C(=O)N3C[C@@H](O)[C@@H](O)C3)cc2s1. The third-order valence-corrected chi connectivity index (χ3v) is 6.02. The fraction of sp³-hybridized carbons (Fsp3) is 0.286. The molecule has 4 rings (SSSR count). The summed E-state index contributed by atoms with van der Waals surface area (Å²) >= 11 is 1.27. The molecule has 0 spiro atoms. The molecular formula is C21H20N4O5S. The van der Waals surface area contributed by atoms with Crippen LogP contribution >= 0.6 is 11.3 Å². The first-order valence-corrected chi connectivity index (χ1v) is 10.4. The lowest BCUT2D eigenvalue weighted by Crippen LogP contribution is -2.50. The summed E-state index contributed by atoms with van der Waals surface area (Å²) in [4.78, 5) is 30.3. The van der Waals surface area contributed by atoms with E-state index in [9.17, 15) is 19.8 Å². The maximum Gasteiger partial charge on any atom is 0.414 e. The van der Waals surface area contributed by atoms with E-state index >= 15 is 0 Å². The monoisotopic (exact) mass is 440 g/mol. The van der Waals surface area contributed by atoms with Gasteiger partial charge >= 0.3 is 6.09 Å². The third kappa shape index (κ3) is 4.69. The van der Waals surface area contributed by atoms with Gasteiger partial charge in [0.1, 0.15) is 17.0 Å². The van der Waals surface area contributed by atoms with Gasteiger partial charge in [-0.3, -0.25) is 4.79 Å². The lowest BCUT2D eigenvalue weighted by atomic mass is 10.1. The Morgan fingerprint density at radius 2 is 1.97 bits per heavy atom. The van der Waals surface area contributed by atoms with Crippen LogP contribution in [-0.4, -0.2) is 63.4 Å². The van der Waals surface area contributed by atoms with Gasteiger partial charge in [0.15, 0.2) is 0 Å². The van der Waals surface area contributed by atoms with E-state index in [1.165, 1.54) is 16.2 Å². The van der Waals surface area contributed by atoms with Crippen LogP contribution in [0.3, 0.4) is 0 Å². The standard InChI is InChI=1S/C21H20N4O5S/c22-9-13-7-14-18(31-13)8-19(23-14)30-21(29)24-15(6-12-4-2-1-3-5-12)20(28)25-10-16(26)17(27)11-25/h1-5,7-8,15-17,23,26-27H,6,10-11H2,(H,24,29)/t15-,16-,17+/m0/s1. The molecule has 0 bridgehead atoms. The van der Waals surface area contributed by atoms with Crippen LogP contribution in [0.2, 0.25) is 0 Å². The molecule has 2 amide bonds. The summed E-state index contributed by atoms with van der Waals surface area (Å²) in [6, 6.07) is 13.6.